The van der Waals surface area contributed by atoms with Gasteiger partial charge in [0.1, 0.15) is 24.2 Å². The van der Waals surface area contributed by atoms with Gasteiger partial charge in [-0.05, 0) is 31.5 Å². The van der Waals surface area contributed by atoms with E-state index in [1.807, 2.05) is 28.8 Å². The Kier molecular flexibility index (Phi) is 8.41. The van der Waals surface area contributed by atoms with Crippen LogP contribution in [-0.4, -0.2) is 64.6 Å². The van der Waals surface area contributed by atoms with Crippen LogP contribution in [0.4, 0.5) is 0 Å². The number of hydrogen-bond donors (Lipinski definition) is 1. The third kappa shape index (κ3) is 6.72. The van der Waals surface area contributed by atoms with Crippen LogP contribution >= 0.6 is 0 Å². The van der Waals surface area contributed by atoms with Crippen LogP contribution in [0.1, 0.15) is 12.8 Å². The second-order valence-electron chi connectivity index (χ2n) is 6.10. The van der Waals surface area contributed by atoms with E-state index in [0.717, 1.165) is 44.3 Å². The first-order chi connectivity index (χ1) is 12.7. The Morgan fingerprint density at radius 2 is 2.00 bits per heavy atom. The van der Waals surface area contributed by atoms with Crippen molar-refractivity contribution >= 4 is 6.47 Å². The highest BCUT2D eigenvalue weighted by Gasteiger charge is 2.20. The average Bonchev–Trinajstić information content (AvgIpc) is 3.20. The number of ether oxygens (including phenoxy) is 2. The van der Waals surface area contributed by atoms with Crippen LogP contribution in [0, 0.1) is 5.92 Å². The maximum Gasteiger partial charge on any atom is 0.290 e. The lowest BCUT2D eigenvalue weighted by atomic mass is 9.99. The molecule has 3 rings (SSSR count). The molecular formula is C18H26N4O4. The number of piperidine rings is 1. The molecule has 0 bridgehead atoms. The monoisotopic (exact) mass is 362 g/mol. The normalized spacial score (nSPS) is 17.0. The van der Waals surface area contributed by atoms with Gasteiger partial charge in [-0.25, -0.2) is 0 Å². The van der Waals surface area contributed by atoms with Crippen molar-refractivity contribution < 1.29 is 19.4 Å². The fourth-order valence-corrected chi connectivity index (χ4v) is 2.99. The minimum atomic E-state index is -0.250. The van der Waals surface area contributed by atoms with Crippen LogP contribution < -0.4 is 9.47 Å². The predicted octanol–water partition coefficient (Wildman–Crippen LogP) is 1.78. The summed E-state index contributed by atoms with van der Waals surface area (Å²) in [6.07, 6.45) is 6.00. The van der Waals surface area contributed by atoms with Crippen molar-refractivity contribution in [1.29, 1.82) is 0 Å². The van der Waals surface area contributed by atoms with Crippen molar-refractivity contribution in [3.63, 3.8) is 0 Å². The van der Waals surface area contributed by atoms with E-state index in [-0.39, 0.29) is 6.47 Å². The molecule has 1 unspecified atom stereocenters. The van der Waals surface area contributed by atoms with Gasteiger partial charge in [-0.2, -0.15) is 0 Å². The van der Waals surface area contributed by atoms with Crippen LogP contribution in [0.25, 0.3) is 0 Å². The van der Waals surface area contributed by atoms with E-state index < -0.39 is 0 Å². The summed E-state index contributed by atoms with van der Waals surface area (Å²) in [4.78, 5) is 10.9. The molecule has 1 aliphatic heterocycles. The fourth-order valence-electron chi connectivity index (χ4n) is 2.99. The van der Waals surface area contributed by atoms with E-state index in [0.29, 0.717) is 5.92 Å². The summed E-state index contributed by atoms with van der Waals surface area (Å²) in [5.41, 5.74) is 0. The highest BCUT2D eigenvalue weighted by Crippen LogP contribution is 2.22. The number of carboxylic acid groups (broad SMARTS) is 1. The number of likely N-dealkylation sites (tertiary alicyclic amines) is 1. The SMILES string of the molecule is COc1cccc(OCC2CCCN(CCn3cnnc3)C2)c1.O=CO. The van der Waals surface area contributed by atoms with Crippen molar-refractivity contribution in [1.82, 2.24) is 19.7 Å². The van der Waals surface area contributed by atoms with Crippen LogP contribution in [0.15, 0.2) is 36.9 Å². The number of nitrogens with zero attached hydrogens (tertiary/aromatic N) is 4. The summed E-state index contributed by atoms with van der Waals surface area (Å²) in [5, 5.41) is 14.6. The van der Waals surface area contributed by atoms with Crippen molar-refractivity contribution in [3.8, 4) is 11.5 Å². The zero-order valence-electron chi connectivity index (χ0n) is 15.0. The van der Waals surface area contributed by atoms with Gasteiger partial charge in [-0.3, -0.25) is 4.79 Å². The Morgan fingerprint density at radius 1 is 1.27 bits per heavy atom. The van der Waals surface area contributed by atoms with E-state index in [1.165, 1.54) is 12.8 Å². The van der Waals surface area contributed by atoms with E-state index in [1.54, 1.807) is 19.8 Å². The zero-order chi connectivity index (χ0) is 18.6. The number of methoxy groups -OCH3 is 1. The molecule has 1 fully saturated rings. The standard InChI is InChI=1S/C17H24N4O2.CH2O2/c1-22-16-5-2-6-17(10-16)23-12-15-4-3-7-20(11-15)8-9-21-13-18-19-14-21;2-1-3/h2,5-6,10,13-15H,3-4,7-9,11-12H2,1H3;1H,(H,2,3). The van der Waals surface area contributed by atoms with E-state index >= 15 is 0 Å². The van der Waals surface area contributed by atoms with Crippen molar-refractivity contribution in [2.24, 2.45) is 5.92 Å². The second kappa shape index (κ2) is 11.1. The summed E-state index contributed by atoms with van der Waals surface area (Å²) < 4.78 is 13.2. The zero-order valence-corrected chi connectivity index (χ0v) is 15.0. The lowest BCUT2D eigenvalue weighted by Gasteiger charge is -2.32. The summed E-state index contributed by atoms with van der Waals surface area (Å²) in [7, 11) is 1.67. The van der Waals surface area contributed by atoms with Gasteiger partial charge in [0.2, 0.25) is 0 Å². The van der Waals surface area contributed by atoms with Gasteiger partial charge in [0.05, 0.1) is 13.7 Å². The summed E-state index contributed by atoms with van der Waals surface area (Å²) in [5.74, 6) is 2.29. The first kappa shape index (κ1) is 19.7. The molecule has 0 aliphatic carbocycles. The molecule has 1 N–H and O–H groups in total. The Morgan fingerprint density at radius 3 is 2.73 bits per heavy atom. The molecule has 2 aromatic rings. The van der Waals surface area contributed by atoms with Gasteiger partial charge >= 0.3 is 0 Å². The summed E-state index contributed by atoms with van der Waals surface area (Å²) in [6.45, 7) is 4.74. The van der Waals surface area contributed by atoms with Crippen molar-refractivity contribution in [2.75, 3.05) is 33.4 Å². The predicted molar refractivity (Wildman–Crippen MR) is 96.4 cm³/mol. The lowest BCUT2D eigenvalue weighted by molar-refractivity contribution is -0.122. The number of benzene rings is 1. The Hall–Kier alpha value is -2.61. The highest BCUT2D eigenvalue weighted by molar-refractivity contribution is 5.33. The number of rotatable bonds is 7. The van der Waals surface area contributed by atoms with Gasteiger partial charge in [-0.15, -0.1) is 10.2 Å². The van der Waals surface area contributed by atoms with E-state index in [9.17, 15) is 0 Å². The molecule has 8 heteroatoms. The number of aromatic nitrogens is 3. The molecule has 0 saturated carbocycles. The molecule has 8 nitrogen and oxygen atoms in total. The van der Waals surface area contributed by atoms with Gasteiger partial charge in [0, 0.05) is 31.6 Å². The van der Waals surface area contributed by atoms with E-state index in [2.05, 4.69) is 15.1 Å². The highest BCUT2D eigenvalue weighted by atomic mass is 16.5. The molecule has 1 aromatic carbocycles. The van der Waals surface area contributed by atoms with Crippen molar-refractivity contribution in [2.45, 2.75) is 19.4 Å². The number of hydrogen-bond acceptors (Lipinski definition) is 6. The Balaban J connectivity index is 0.000000758. The Bertz CT molecular complexity index is 636. The van der Waals surface area contributed by atoms with E-state index in [4.69, 9.17) is 19.4 Å². The smallest absolute Gasteiger partial charge is 0.290 e. The van der Waals surface area contributed by atoms with Crippen molar-refractivity contribution in [3.05, 3.63) is 36.9 Å². The molecule has 0 spiro atoms. The first-order valence-electron chi connectivity index (χ1n) is 8.64. The molecular weight excluding hydrogens is 336 g/mol. The maximum absolute atomic E-state index is 8.36. The fraction of sp³-hybridized carbons (Fsp3) is 0.500. The van der Waals surface area contributed by atoms with Gasteiger partial charge in [0.15, 0.2) is 0 Å². The van der Waals surface area contributed by atoms with Crippen LogP contribution in [0.5, 0.6) is 11.5 Å². The molecule has 1 saturated heterocycles. The maximum atomic E-state index is 8.36. The van der Waals surface area contributed by atoms with Gasteiger partial charge < -0.3 is 24.0 Å². The van der Waals surface area contributed by atoms with Crippen LogP contribution in [0.3, 0.4) is 0 Å². The third-order valence-corrected chi connectivity index (χ3v) is 4.27. The molecule has 142 valence electrons. The van der Waals surface area contributed by atoms with Gasteiger partial charge in [-0.1, -0.05) is 6.07 Å². The van der Waals surface area contributed by atoms with Crippen LogP contribution in [-0.2, 0) is 11.3 Å². The molecule has 0 radical (unpaired) electrons. The molecule has 26 heavy (non-hydrogen) atoms. The number of carbonyl (C=O) groups is 1. The summed E-state index contributed by atoms with van der Waals surface area (Å²) >= 11 is 0. The minimum absolute atomic E-state index is 0.250. The Labute approximate surface area is 153 Å². The third-order valence-electron chi connectivity index (χ3n) is 4.27. The lowest BCUT2D eigenvalue weighted by Crippen LogP contribution is -2.39. The summed E-state index contributed by atoms with van der Waals surface area (Å²) in [6, 6.07) is 7.81. The minimum Gasteiger partial charge on any atom is -0.497 e. The first-order valence-corrected chi connectivity index (χ1v) is 8.64. The second-order valence-corrected chi connectivity index (χ2v) is 6.10. The quantitative estimate of drug-likeness (QED) is 0.751. The molecule has 1 aliphatic rings. The average molecular weight is 362 g/mol. The molecule has 0 amide bonds. The molecule has 1 aromatic heterocycles. The molecule has 2 heterocycles. The molecule has 1 atom stereocenters. The largest absolute Gasteiger partial charge is 0.497 e. The topological polar surface area (TPSA) is 89.7 Å². The van der Waals surface area contributed by atoms with Gasteiger partial charge in [0.25, 0.3) is 6.47 Å². The van der Waals surface area contributed by atoms with Crippen LogP contribution in [0.2, 0.25) is 0 Å².